The lowest BCUT2D eigenvalue weighted by Gasteiger charge is -2.05. The van der Waals surface area contributed by atoms with Crippen molar-refractivity contribution in [3.05, 3.63) is 52.1 Å². The Bertz CT molecular complexity index is 684. The molecule has 0 fully saturated rings. The number of nitriles is 1. The summed E-state index contributed by atoms with van der Waals surface area (Å²) in [5.41, 5.74) is -0.546. The third kappa shape index (κ3) is 2.61. The Kier molecular flexibility index (Phi) is 3.29. The lowest BCUT2D eigenvalue weighted by atomic mass is 10.3. The van der Waals surface area contributed by atoms with Gasteiger partial charge in [0, 0.05) is 12.3 Å². The summed E-state index contributed by atoms with van der Waals surface area (Å²) < 4.78 is 18.5. The number of aromatic nitrogens is 2. The van der Waals surface area contributed by atoms with Crippen LogP contribution in [0.4, 0.5) is 10.1 Å². The van der Waals surface area contributed by atoms with Gasteiger partial charge in [-0.3, -0.25) is 10.1 Å². The number of ether oxygens (including phenoxy) is 1. The van der Waals surface area contributed by atoms with E-state index in [1.165, 1.54) is 18.3 Å². The number of nitro benzene ring substituents is 1. The number of hydrogen-bond donors (Lipinski definition) is 0. The van der Waals surface area contributed by atoms with Crippen molar-refractivity contribution < 1.29 is 14.1 Å². The van der Waals surface area contributed by atoms with Crippen LogP contribution in [0.1, 0.15) is 5.69 Å². The van der Waals surface area contributed by atoms with Gasteiger partial charge in [-0.1, -0.05) is 6.07 Å². The van der Waals surface area contributed by atoms with Crippen molar-refractivity contribution >= 4 is 5.69 Å². The predicted octanol–water partition coefficient (Wildman–Crippen LogP) is 2.19. The smallest absolute Gasteiger partial charge is 0.323 e. The van der Waals surface area contributed by atoms with E-state index in [4.69, 9.17) is 10.00 Å². The van der Waals surface area contributed by atoms with Crippen LogP contribution >= 0.6 is 0 Å². The molecule has 1 aromatic carbocycles. The highest BCUT2D eigenvalue weighted by Crippen LogP contribution is 2.32. The van der Waals surface area contributed by atoms with Crippen LogP contribution in [-0.4, -0.2) is 14.9 Å². The second kappa shape index (κ2) is 5.05. The number of benzene rings is 1. The first-order chi connectivity index (χ1) is 9.11. The van der Waals surface area contributed by atoms with E-state index >= 15 is 0 Å². The minimum atomic E-state index is -0.917. The Labute approximate surface area is 106 Å². The van der Waals surface area contributed by atoms with Gasteiger partial charge in [-0.25, -0.2) is 9.37 Å². The molecule has 0 saturated heterocycles. The summed E-state index contributed by atoms with van der Waals surface area (Å²) in [5.74, 6) is -1.51. The molecule has 0 amide bonds. The fraction of sp³-hybridized carbons (Fsp3) is 0. The summed E-state index contributed by atoms with van der Waals surface area (Å²) in [4.78, 5) is 17.3. The fourth-order valence-corrected chi connectivity index (χ4v) is 1.29. The molecule has 0 radical (unpaired) electrons. The van der Waals surface area contributed by atoms with E-state index in [0.717, 1.165) is 12.1 Å². The van der Waals surface area contributed by atoms with Crippen LogP contribution in [0.2, 0.25) is 0 Å². The molecular formula is C11H5FN4O3. The molecule has 0 unspecified atom stereocenters. The minimum absolute atomic E-state index is 0.00370. The molecule has 19 heavy (non-hydrogen) atoms. The van der Waals surface area contributed by atoms with E-state index in [1.807, 2.05) is 0 Å². The van der Waals surface area contributed by atoms with Gasteiger partial charge in [0.15, 0.2) is 5.82 Å². The largest absolute Gasteiger partial charge is 0.414 e. The predicted molar refractivity (Wildman–Crippen MR) is 59.9 cm³/mol. The molecule has 0 saturated carbocycles. The van der Waals surface area contributed by atoms with Gasteiger partial charge >= 0.3 is 11.7 Å². The molecule has 1 aromatic heterocycles. The highest BCUT2D eigenvalue weighted by atomic mass is 19.1. The number of halogens is 1. The first-order valence-corrected chi connectivity index (χ1v) is 4.95. The van der Waals surface area contributed by atoms with Crippen LogP contribution in [0.15, 0.2) is 30.5 Å². The quantitative estimate of drug-likeness (QED) is 0.619. The Morgan fingerprint density at radius 3 is 2.89 bits per heavy atom. The van der Waals surface area contributed by atoms with Gasteiger partial charge in [0.05, 0.1) is 4.92 Å². The summed E-state index contributed by atoms with van der Waals surface area (Å²) in [6, 6.07) is 6.02. The maximum absolute atomic E-state index is 13.5. The number of nitrogens with zero attached hydrogens (tertiary/aromatic N) is 4. The first-order valence-electron chi connectivity index (χ1n) is 4.95. The summed E-state index contributed by atoms with van der Waals surface area (Å²) in [5, 5.41) is 19.4. The molecule has 0 spiro atoms. The summed E-state index contributed by atoms with van der Waals surface area (Å²) in [7, 11) is 0. The van der Waals surface area contributed by atoms with Crippen molar-refractivity contribution in [3.8, 4) is 17.8 Å². The fourth-order valence-electron chi connectivity index (χ4n) is 1.29. The van der Waals surface area contributed by atoms with Crippen LogP contribution in [0.5, 0.6) is 11.8 Å². The zero-order valence-corrected chi connectivity index (χ0v) is 9.28. The molecular weight excluding hydrogens is 255 g/mol. The SMILES string of the molecule is N#Cc1ccnc(Oc2c(F)cccc2[N+](=O)[O-])n1. The van der Waals surface area contributed by atoms with Gasteiger partial charge in [0.1, 0.15) is 11.8 Å². The van der Waals surface area contributed by atoms with Crippen LogP contribution in [0.25, 0.3) is 0 Å². The van der Waals surface area contributed by atoms with E-state index in [1.54, 1.807) is 6.07 Å². The first kappa shape index (κ1) is 12.4. The lowest BCUT2D eigenvalue weighted by Crippen LogP contribution is -1.99. The standard InChI is InChI=1S/C11H5FN4O3/c12-8-2-1-3-9(16(17)18)10(8)19-11-14-5-4-7(6-13)15-11/h1-5H. The zero-order chi connectivity index (χ0) is 13.8. The van der Waals surface area contributed by atoms with Crippen LogP contribution in [0, 0.1) is 27.3 Å². The lowest BCUT2D eigenvalue weighted by molar-refractivity contribution is -0.385. The normalized spacial score (nSPS) is 9.68. The molecule has 0 atom stereocenters. The van der Waals surface area contributed by atoms with E-state index in [0.29, 0.717) is 0 Å². The van der Waals surface area contributed by atoms with Gasteiger partial charge in [0.2, 0.25) is 5.75 Å². The van der Waals surface area contributed by atoms with E-state index in [9.17, 15) is 14.5 Å². The van der Waals surface area contributed by atoms with Gasteiger partial charge < -0.3 is 4.74 Å². The molecule has 0 aliphatic heterocycles. The van der Waals surface area contributed by atoms with Gasteiger partial charge in [-0.05, 0) is 12.1 Å². The number of para-hydroxylation sites is 1. The average molecular weight is 260 g/mol. The summed E-state index contributed by atoms with van der Waals surface area (Å²) >= 11 is 0. The Hall–Kier alpha value is -3.08. The monoisotopic (exact) mass is 260 g/mol. The molecule has 94 valence electrons. The molecule has 7 nitrogen and oxygen atoms in total. The van der Waals surface area contributed by atoms with Crippen molar-refractivity contribution in [3.63, 3.8) is 0 Å². The summed E-state index contributed by atoms with van der Waals surface area (Å²) in [6.07, 6.45) is 1.23. The third-order valence-corrected chi connectivity index (χ3v) is 2.08. The second-order valence-electron chi connectivity index (χ2n) is 3.28. The zero-order valence-electron chi connectivity index (χ0n) is 9.28. The van der Waals surface area contributed by atoms with Gasteiger partial charge in [0.25, 0.3) is 0 Å². The molecule has 0 bridgehead atoms. The number of rotatable bonds is 3. The highest BCUT2D eigenvalue weighted by molar-refractivity contribution is 5.48. The van der Waals surface area contributed by atoms with E-state index < -0.39 is 22.2 Å². The van der Waals surface area contributed by atoms with Crippen molar-refractivity contribution in [1.82, 2.24) is 9.97 Å². The minimum Gasteiger partial charge on any atom is -0.414 e. The van der Waals surface area contributed by atoms with Crippen molar-refractivity contribution in [1.29, 1.82) is 5.26 Å². The molecule has 0 N–H and O–H groups in total. The van der Waals surface area contributed by atoms with E-state index in [-0.39, 0.29) is 11.7 Å². The van der Waals surface area contributed by atoms with Crippen molar-refractivity contribution in [2.75, 3.05) is 0 Å². The maximum Gasteiger partial charge on any atom is 0.323 e. The van der Waals surface area contributed by atoms with Crippen LogP contribution < -0.4 is 4.74 Å². The molecule has 0 aliphatic carbocycles. The van der Waals surface area contributed by atoms with Crippen LogP contribution in [-0.2, 0) is 0 Å². The average Bonchev–Trinajstić information content (AvgIpc) is 2.41. The van der Waals surface area contributed by atoms with Gasteiger partial charge in [-0.2, -0.15) is 10.2 Å². The maximum atomic E-state index is 13.5. The topological polar surface area (TPSA) is 102 Å². The Morgan fingerprint density at radius 1 is 1.42 bits per heavy atom. The molecule has 2 rings (SSSR count). The highest BCUT2D eigenvalue weighted by Gasteiger charge is 2.21. The van der Waals surface area contributed by atoms with Crippen molar-refractivity contribution in [2.45, 2.75) is 0 Å². The Balaban J connectivity index is 2.43. The summed E-state index contributed by atoms with van der Waals surface area (Å²) in [6.45, 7) is 0. The van der Waals surface area contributed by atoms with Crippen LogP contribution in [0.3, 0.4) is 0 Å². The Morgan fingerprint density at radius 2 is 2.21 bits per heavy atom. The number of nitro groups is 1. The van der Waals surface area contributed by atoms with Gasteiger partial charge in [-0.15, -0.1) is 0 Å². The van der Waals surface area contributed by atoms with E-state index in [2.05, 4.69) is 9.97 Å². The molecule has 8 heteroatoms. The second-order valence-corrected chi connectivity index (χ2v) is 3.28. The molecule has 2 aromatic rings. The molecule has 1 heterocycles. The number of hydrogen-bond acceptors (Lipinski definition) is 6. The molecule has 0 aliphatic rings. The van der Waals surface area contributed by atoms with Crippen molar-refractivity contribution in [2.24, 2.45) is 0 Å². The third-order valence-electron chi connectivity index (χ3n) is 2.08.